The van der Waals surface area contributed by atoms with E-state index in [2.05, 4.69) is 0 Å². The van der Waals surface area contributed by atoms with Crippen LogP contribution in [-0.4, -0.2) is 17.2 Å². The van der Waals surface area contributed by atoms with Gasteiger partial charge in [0.15, 0.2) is 0 Å². The number of hydrogen-bond acceptors (Lipinski definition) is 2. The average Bonchev–Trinajstić information content (AvgIpc) is 2.48. The summed E-state index contributed by atoms with van der Waals surface area (Å²) in [5.41, 5.74) is 4.04. The fourth-order valence-corrected chi connectivity index (χ4v) is 2.59. The molecule has 0 amide bonds. The van der Waals surface area contributed by atoms with E-state index in [0.29, 0.717) is 6.42 Å². The monoisotopic (exact) mass is 312 g/mol. The molecule has 2 aromatic rings. The van der Waals surface area contributed by atoms with Crippen LogP contribution in [0.3, 0.4) is 0 Å². The third-order valence-electron chi connectivity index (χ3n) is 3.99. The Hall–Kier alpha value is -2.29. The maximum atomic E-state index is 11.8. The Morgan fingerprint density at radius 1 is 1.09 bits per heavy atom. The Morgan fingerprint density at radius 2 is 1.78 bits per heavy atom. The minimum atomic E-state index is -0.812. The molecule has 1 atom stereocenters. The van der Waals surface area contributed by atoms with Crippen molar-refractivity contribution >= 4 is 5.97 Å². The van der Waals surface area contributed by atoms with Crippen molar-refractivity contribution in [3.05, 3.63) is 64.7 Å². The molecule has 0 saturated carbocycles. The second-order valence-electron chi connectivity index (χ2n) is 6.21. The summed E-state index contributed by atoms with van der Waals surface area (Å²) in [4.78, 5) is 11.8. The van der Waals surface area contributed by atoms with Crippen LogP contribution in [0.2, 0.25) is 0 Å². The molecule has 0 aliphatic rings. The molecule has 0 aromatic heterocycles. The first-order chi connectivity index (χ1) is 10.9. The Kier molecular flexibility index (Phi) is 5.43. The quantitative estimate of drug-likeness (QED) is 0.854. The van der Waals surface area contributed by atoms with Gasteiger partial charge in [0.25, 0.3) is 0 Å². The van der Waals surface area contributed by atoms with Crippen LogP contribution in [-0.2, 0) is 11.2 Å². The lowest BCUT2D eigenvalue weighted by Crippen LogP contribution is -2.16. The zero-order valence-corrected chi connectivity index (χ0v) is 14.2. The number of para-hydroxylation sites is 1. The first-order valence-electron chi connectivity index (χ1n) is 7.93. The minimum Gasteiger partial charge on any atom is -0.491 e. The van der Waals surface area contributed by atoms with Crippen LogP contribution in [0.4, 0.5) is 0 Å². The van der Waals surface area contributed by atoms with Crippen molar-refractivity contribution in [1.82, 2.24) is 0 Å². The van der Waals surface area contributed by atoms with E-state index in [1.807, 2.05) is 70.2 Å². The van der Waals surface area contributed by atoms with Crippen molar-refractivity contribution in [3.8, 4) is 5.75 Å². The number of carboxylic acids is 1. The molecule has 0 radical (unpaired) electrons. The van der Waals surface area contributed by atoms with Crippen molar-refractivity contribution in [2.45, 2.75) is 46.1 Å². The molecule has 1 unspecified atom stereocenters. The number of ether oxygens (including phenoxy) is 1. The Morgan fingerprint density at radius 3 is 2.39 bits per heavy atom. The second kappa shape index (κ2) is 7.32. The van der Waals surface area contributed by atoms with E-state index in [1.54, 1.807) is 0 Å². The lowest BCUT2D eigenvalue weighted by molar-refractivity contribution is -0.138. The van der Waals surface area contributed by atoms with E-state index in [-0.39, 0.29) is 6.10 Å². The predicted octanol–water partition coefficient (Wildman–Crippen LogP) is 4.50. The molecule has 0 aliphatic heterocycles. The standard InChI is InChI=1S/C20H24O3/c1-13(2)23-19-8-6-5-7-17(19)12-18(20(21)22)16-10-9-14(3)15(4)11-16/h5-11,13,18H,12H2,1-4H3,(H,21,22). The van der Waals surface area contributed by atoms with Gasteiger partial charge in [-0.05, 0) is 62.4 Å². The lowest BCUT2D eigenvalue weighted by Gasteiger charge is -2.18. The second-order valence-corrected chi connectivity index (χ2v) is 6.21. The van der Waals surface area contributed by atoms with E-state index in [1.165, 1.54) is 5.56 Å². The fourth-order valence-electron chi connectivity index (χ4n) is 2.59. The maximum absolute atomic E-state index is 11.8. The summed E-state index contributed by atoms with van der Waals surface area (Å²) < 4.78 is 5.81. The Balaban J connectivity index is 2.33. The van der Waals surface area contributed by atoms with Crippen LogP contribution in [0.15, 0.2) is 42.5 Å². The van der Waals surface area contributed by atoms with E-state index < -0.39 is 11.9 Å². The third-order valence-corrected chi connectivity index (χ3v) is 3.99. The molecule has 3 nitrogen and oxygen atoms in total. The number of benzene rings is 2. The highest BCUT2D eigenvalue weighted by molar-refractivity contribution is 5.77. The van der Waals surface area contributed by atoms with Crippen LogP contribution >= 0.6 is 0 Å². The van der Waals surface area contributed by atoms with Crippen LogP contribution in [0.5, 0.6) is 5.75 Å². The van der Waals surface area contributed by atoms with Crippen molar-refractivity contribution in [2.24, 2.45) is 0 Å². The molecule has 2 rings (SSSR count). The van der Waals surface area contributed by atoms with Gasteiger partial charge in [0, 0.05) is 0 Å². The van der Waals surface area contributed by atoms with Crippen LogP contribution < -0.4 is 4.74 Å². The molecule has 0 saturated heterocycles. The normalized spacial score (nSPS) is 12.2. The highest BCUT2D eigenvalue weighted by atomic mass is 16.5. The summed E-state index contributed by atoms with van der Waals surface area (Å²) >= 11 is 0. The van der Waals surface area contributed by atoms with E-state index in [4.69, 9.17) is 4.74 Å². The summed E-state index contributed by atoms with van der Waals surface area (Å²) in [5, 5.41) is 9.68. The highest BCUT2D eigenvalue weighted by Gasteiger charge is 2.22. The molecule has 0 fully saturated rings. The first-order valence-corrected chi connectivity index (χ1v) is 7.93. The van der Waals surface area contributed by atoms with Crippen molar-refractivity contribution in [3.63, 3.8) is 0 Å². The largest absolute Gasteiger partial charge is 0.491 e. The van der Waals surface area contributed by atoms with Crippen molar-refractivity contribution < 1.29 is 14.6 Å². The van der Waals surface area contributed by atoms with Gasteiger partial charge < -0.3 is 9.84 Å². The molecule has 122 valence electrons. The predicted molar refractivity (Wildman–Crippen MR) is 92.2 cm³/mol. The SMILES string of the molecule is Cc1ccc(C(Cc2ccccc2OC(C)C)C(=O)O)cc1C. The van der Waals surface area contributed by atoms with Gasteiger partial charge in [-0.3, -0.25) is 4.79 Å². The van der Waals surface area contributed by atoms with Crippen LogP contribution in [0.25, 0.3) is 0 Å². The summed E-state index contributed by atoms with van der Waals surface area (Å²) in [6.45, 7) is 7.97. The van der Waals surface area contributed by atoms with Gasteiger partial charge in [-0.2, -0.15) is 0 Å². The van der Waals surface area contributed by atoms with Crippen molar-refractivity contribution in [1.29, 1.82) is 0 Å². The molecule has 0 aliphatic carbocycles. The van der Waals surface area contributed by atoms with E-state index in [0.717, 1.165) is 22.4 Å². The summed E-state index contributed by atoms with van der Waals surface area (Å²) in [5.74, 6) is -0.628. The summed E-state index contributed by atoms with van der Waals surface area (Å²) in [6, 6.07) is 13.5. The molecule has 0 heterocycles. The molecule has 0 spiro atoms. The highest BCUT2D eigenvalue weighted by Crippen LogP contribution is 2.28. The molecule has 2 aromatic carbocycles. The van der Waals surface area contributed by atoms with Gasteiger partial charge in [0.2, 0.25) is 0 Å². The summed E-state index contributed by atoms with van der Waals surface area (Å²) in [6.07, 6.45) is 0.474. The smallest absolute Gasteiger partial charge is 0.311 e. The van der Waals surface area contributed by atoms with Crippen molar-refractivity contribution in [2.75, 3.05) is 0 Å². The summed E-state index contributed by atoms with van der Waals surface area (Å²) in [7, 11) is 0. The average molecular weight is 312 g/mol. The molecular weight excluding hydrogens is 288 g/mol. The van der Waals surface area contributed by atoms with Crippen LogP contribution in [0.1, 0.15) is 42.0 Å². The topological polar surface area (TPSA) is 46.5 Å². The van der Waals surface area contributed by atoms with E-state index >= 15 is 0 Å². The number of hydrogen-bond donors (Lipinski definition) is 1. The maximum Gasteiger partial charge on any atom is 0.311 e. The van der Waals surface area contributed by atoms with Crippen LogP contribution in [0, 0.1) is 13.8 Å². The van der Waals surface area contributed by atoms with Gasteiger partial charge >= 0.3 is 5.97 Å². The first kappa shape index (κ1) is 17.1. The van der Waals surface area contributed by atoms with Gasteiger partial charge in [0.05, 0.1) is 12.0 Å². The van der Waals surface area contributed by atoms with Gasteiger partial charge in [-0.25, -0.2) is 0 Å². The zero-order valence-electron chi connectivity index (χ0n) is 14.2. The van der Waals surface area contributed by atoms with Gasteiger partial charge in [-0.15, -0.1) is 0 Å². The Bertz CT molecular complexity index is 689. The third kappa shape index (κ3) is 4.35. The number of carboxylic acid groups (broad SMARTS) is 1. The zero-order chi connectivity index (χ0) is 17.0. The number of aliphatic carboxylic acids is 1. The van der Waals surface area contributed by atoms with Gasteiger partial charge in [0.1, 0.15) is 5.75 Å². The fraction of sp³-hybridized carbons (Fsp3) is 0.350. The molecular formula is C20H24O3. The van der Waals surface area contributed by atoms with Gasteiger partial charge in [-0.1, -0.05) is 36.4 Å². The molecule has 23 heavy (non-hydrogen) atoms. The number of rotatable bonds is 6. The minimum absolute atomic E-state index is 0.0565. The number of carbonyl (C=O) groups is 1. The lowest BCUT2D eigenvalue weighted by atomic mass is 9.90. The number of aryl methyl sites for hydroxylation is 2. The van der Waals surface area contributed by atoms with E-state index in [9.17, 15) is 9.90 Å². The Labute approximate surface area is 137 Å². The molecule has 1 N–H and O–H groups in total. The molecule has 0 bridgehead atoms. The molecule has 3 heteroatoms.